The molecule has 1 saturated carbocycles. The Balaban J connectivity index is 1.13. The molecule has 1 N–H and O–H groups in total. The van der Waals surface area contributed by atoms with Gasteiger partial charge in [-0.2, -0.15) is 0 Å². The SMILES string of the molecule is O=C(CC1CC(c2ccccc2)C1)N[C@@H]1CN(C(=O)c2ccn3cncc3c2)C[C@@H]1F. The number of imidazole rings is 1. The molecule has 0 spiro atoms. The van der Waals surface area contributed by atoms with Gasteiger partial charge in [-0.25, -0.2) is 9.37 Å². The maximum absolute atomic E-state index is 14.6. The van der Waals surface area contributed by atoms with Crippen LogP contribution >= 0.6 is 0 Å². The van der Waals surface area contributed by atoms with Crippen molar-refractivity contribution >= 4 is 17.3 Å². The second-order valence-corrected chi connectivity index (χ2v) is 8.69. The molecule has 2 aromatic heterocycles. The van der Waals surface area contributed by atoms with Crippen molar-refractivity contribution in [2.75, 3.05) is 13.1 Å². The van der Waals surface area contributed by atoms with Crippen molar-refractivity contribution in [2.45, 2.75) is 37.4 Å². The van der Waals surface area contributed by atoms with Gasteiger partial charge in [0.1, 0.15) is 6.17 Å². The maximum Gasteiger partial charge on any atom is 0.254 e. The molecule has 3 aromatic rings. The number of likely N-dealkylation sites (tertiary alicyclic amines) is 1. The number of rotatable bonds is 5. The zero-order valence-electron chi connectivity index (χ0n) is 17.2. The predicted molar refractivity (Wildman–Crippen MR) is 114 cm³/mol. The van der Waals surface area contributed by atoms with Gasteiger partial charge in [0.05, 0.1) is 30.6 Å². The Labute approximate surface area is 180 Å². The van der Waals surface area contributed by atoms with Crippen molar-refractivity contribution in [3.63, 3.8) is 0 Å². The highest BCUT2D eigenvalue weighted by molar-refractivity contribution is 5.95. The summed E-state index contributed by atoms with van der Waals surface area (Å²) >= 11 is 0. The summed E-state index contributed by atoms with van der Waals surface area (Å²) in [5.41, 5.74) is 2.62. The Morgan fingerprint density at radius 3 is 2.74 bits per heavy atom. The minimum atomic E-state index is -1.26. The fraction of sp³-hybridized carbons (Fsp3) is 0.375. The van der Waals surface area contributed by atoms with Crippen molar-refractivity contribution in [3.8, 4) is 0 Å². The zero-order chi connectivity index (χ0) is 21.4. The summed E-state index contributed by atoms with van der Waals surface area (Å²) < 4.78 is 16.4. The number of nitrogens with one attached hydrogen (secondary N) is 1. The molecule has 2 atom stereocenters. The molecule has 3 heterocycles. The number of carbonyl (C=O) groups excluding carboxylic acids is 2. The topological polar surface area (TPSA) is 66.7 Å². The van der Waals surface area contributed by atoms with Crippen LogP contribution in [0.1, 0.15) is 41.1 Å². The molecule has 160 valence electrons. The number of hydrogen-bond donors (Lipinski definition) is 1. The van der Waals surface area contributed by atoms with Crippen molar-refractivity contribution in [1.29, 1.82) is 0 Å². The quantitative estimate of drug-likeness (QED) is 0.689. The van der Waals surface area contributed by atoms with E-state index in [-0.39, 0.29) is 24.9 Å². The van der Waals surface area contributed by atoms with Crippen LogP contribution in [0.2, 0.25) is 0 Å². The summed E-state index contributed by atoms with van der Waals surface area (Å²) in [6, 6.07) is 13.1. The molecule has 0 radical (unpaired) electrons. The highest BCUT2D eigenvalue weighted by atomic mass is 19.1. The number of alkyl halides is 1. The van der Waals surface area contributed by atoms with Crippen LogP contribution in [0.25, 0.3) is 5.52 Å². The summed E-state index contributed by atoms with van der Waals surface area (Å²) in [6.07, 6.45) is 6.23. The first-order valence-electron chi connectivity index (χ1n) is 10.8. The van der Waals surface area contributed by atoms with E-state index < -0.39 is 12.2 Å². The molecular formula is C24H25FN4O2. The average molecular weight is 420 g/mol. The standard InChI is InChI=1S/C24H25FN4O2/c25-21-13-29(24(31)18-6-7-28-15-26-12-20(28)11-18)14-22(21)27-23(30)10-16-8-19(9-16)17-4-2-1-3-5-17/h1-7,11-12,15-16,19,21-22H,8-10,13-14H2,(H,27,30)/t16?,19?,21-,22+/m0/s1. The number of hydrogen-bond acceptors (Lipinski definition) is 3. The molecular weight excluding hydrogens is 395 g/mol. The fourth-order valence-corrected chi connectivity index (χ4v) is 4.73. The van der Waals surface area contributed by atoms with Gasteiger partial charge in [0.15, 0.2) is 0 Å². The smallest absolute Gasteiger partial charge is 0.254 e. The van der Waals surface area contributed by atoms with Gasteiger partial charge in [-0.3, -0.25) is 9.59 Å². The lowest BCUT2D eigenvalue weighted by atomic mass is 9.70. The van der Waals surface area contributed by atoms with Gasteiger partial charge in [-0.15, -0.1) is 0 Å². The van der Waals surface area contributed by atoms with Gasteiger partial charge >= 0.3 is 0 Å². The summed E-state index contributed by atoms with van der Waals surface area (Å²) in [4.78, 5) is 30.8. The van der Waals surface area contributed by atoms with Crippen molar-refractivity contribution < 1.29 is 14.0 Å². The Hall–Kier alpha value is -3.22. The first-order chi connectivity index (χ1) is 15.1. The minimum absolute atomic E-state index is 0.00622. The number of aromatic nitrogens is 2. The summed E-state index contributed by atoms with van der Waals surface area (Å²) in [5, 5.41) is 2.82. The van der Waals surface area contributed by atoms with Crippen LogP contribution in [0.3, 0.4) is 0 Å². The van der Waals surface area contributed by atoms with Crippen LogP contribution in [0.15, 0.2) is 61.2 Å². The van der Waals surface area contributed by atoms with Crippen molar-refractivity contribution in [3.05, 3.63) is 72.3 Å². The summed E-state index contributed by atoms with van der Waals surface area (Å²) in [6.45, 7) is 0.182. The molecule has 7 heteroatoms. The molecule has 0 unspecified atom stereocenters. The van der Waals surface area contributed by atoms with Crippen LogP contribution in [0.5, 0.6) is 0 Å². The van der Waals surface area contributed by atoms with Crippen LogP contribution in [-0.2, 0) is 4.79 Å². The molecule has 0 bridgehead atoms. The van der Waals surface area contributed by atoms with Gasteiger partial charge < -0.3 is 14.6 Å². The Bertz CT molecular complexity index is 1090. The predicted octanol–water partition coefficient (Wildman–Crippen LogP) is 3.20. The number of fused-ring (bicyclic) bond motifs is 1. The van der Waals surface area contributed by atoms with Crippen molar-refractivity contribution in [2.24, 2.45) is 5.92 Å². The van der Waals surface area contributed by atoms with E-state index in [0.717, 1.165) is 18.4 Å². The van der Waals surface area contributed by atoms with Crippen LogP contribution in [0, 0.1) is 5.92 Å². The number of nitrogens with zero attached hydrogens (tertiary/aromatic N) is 3. The van der Waals surface area contributed by atoms with Crippen LogP contribution < -0.4 is 5.32 Å². The van der Waals surface area contributed by atoms with E-state index in [1.54, 1.807) is 30.9 Å². The lowest BCUT2D eigenvalue weighted by Crippen LogP contribution is -2.43. The van der Waals surface area contributed by atoms with E-state index in [9.17, 15) is 14.0 Å². The minimum Gasteiger partial charge on any atom is -0.349 e. The van der Waals surface area contributed by atoms with Gasteiger partial charge in [0.25, 0.3) is 5.91 Å². The van der Waals surface area contributed by atoms with E-state index in [1.807, 2.05) is 22.6 Å². The van der Waals surface area contributed by atoms with Crippen LogP contribution in [-0.4, -0.2) is 51.4 Å². The molecule has 2 fully saturated rings. The number of benzene rings is 1. The van der Waals surface area contributed by atoms with Gasteiger partial charge in [0, 0.05) is 24.7 Å². The maximum atomic E-state index is 14.6. The molecule has 1 aromatic carbocycles. The third-order valence-corrected chi connectivity index (χ3v) is 6.52. The van der Waals surface area contributed by atoms with Gasteiger partial charge in [0.2, 0.25) is 5.91 Å². The van der Waals surface area contributed by atoms with Crippen molar-refractivity contribution in [1.82, 2.24) is 19.6 Å². The van der Waals surface area contributed by atoms with Gasteiger partial charge in [-0.1, -0.05) is 30.3 Å². The number of pyridine rings is 1. The monoisotopic (exact) mass is 420 g/mol. The number of halogens is 1. The van der Waals surface area contributed by atoms with Crippen LogP contribution in [0.4, 0.5) is 4.39 Å². The molecule has 6 nitrogen and oxygen atoms in total. The van der Waals surface area contributed by atoms with E-state index in [4.69, 9.17) is 0 Å². The molecule has 1 saturated heterocycles. The van der Waals surface area contributed by atoms with E-state index in [1.165, 1.54) is 10.5 Å². The van der Waals surface area contributed by atoms with E-state index >= 15 is 0 Å². The Kier molecular flexibility index (Phi) is 5.18. The highest BCUT2D eigenvalue weighted by Crippen LogP contribution is 2.43. The lowest BCUT2D eigenvalue weighted by Gasteiger charge is -2.35. The Morgan fingerprint density at radius 2 is 1.94 bits per heavy atom. The largest absolute Gasteiger partial charge is 0.349 e. The van der Waals surface area contributed by atoms with E-state index in [0.29, 0.717) is 23.8 Å². The lowest BCUT2D eigenvalue weighted by molar-refractivity contribution is -0.123. The molecule has 2 aliphatic rings. The Morgan fingerprint density at radius 1 is 1.13 bits per heavy atom. The molecule has 1 aliphatic heterocycles. The second-order valence-electron chi connectivity index (χ2n) is 8.69. The number of carbonyl (C=O) groups is 2. The first kappa shape index (κ1) is 19.7. The molecule has 1 aliphatic carbocycles. The average Bonchev–Trinajstić information content (AvgIpc) is 3.36. The highest BCUT2D eigenvalue weighted by Gasteiger charge is 2.38. The summed E-state index contributed by atoms with van der Waals surface area (Å²) in [7, 11) is 0. The zero-order valence-corrected chi connectivity index (χ0v) is 17.2. The summed E-state index contributed by atoms with van der Waals surface area (Å²) in [5.74, 6) is 0.498. The third-order valence-electron chi connectivity index (χ3n) is 6.52. The van der Waals surface area contributed by atoms with E-state index in [2.05, 4.69) is 22.4 Å². The van der Waals surface area contributed by atoms with Gasteiger partial charge in [-0.05, 0) is 42.4 Å². The first-order valence-corrected chi connectivity index (χ1v) is 10.8. The normalized spacial score (nSPS) is 25.4. The molecule has 5 rings (SSSR count). The molecule has 31 heavy (non-hydrogen) atoms. The fourth-order valence-electron chi connectivity index (χ4n) is 4.73. The number of amides is 2. The molecule has 2 amide bonds. The second kappa shape index (κ2) is 8.13. The third kappa shape index (κ3) is 4.04.